The quantitative estimate of drug-likeness (QED) is 0.224. The third kappa shape index (κ3) is 4.50. The van der Waals surface area contributed by atoms with Crippen molar-refractivity contribution in [2.24, 2.45) is 0 Å². The molecule has 0 aliphatic heterocycles. The van der Waals surface area contributed by atoms with Crippen LogP contribution in [0.25, 0.3) is 0 Å². The molecule has 1 aromatic carbocycles. The Bertz CT molecular complexity index is 562. The topological polar surface area (TPSA) is 38.3 Å². The highest BCUT2D eigenvalue weighted by molar-refractivity contribution is 8.04. The molecule has 0 saturated carbocycles. The highest BCUT2D eigenvalue weighted by atomic mass is 35.5. The van der Waals surface area contributed by atoms with Gasteiger partial charge >= 0.3 is 5.97 Å². The molecule has 0 fully saturated rings. The van der Waals surface area contributed by atoms with Crippen molar-refractivity contribution >= 4 is 75.7 Å². The first-order valence-electron chi connectivity index (χ1n) is 5.56. The van der Waals surface area contributed by atoms with Crippen LogP contribution in [0.5, 0.6) is 0 Å². The number of halogens is 5. The van der Waals surface area contributed by atoms with Gasteiger partial charge < -0.3 is 10.1 Å². The molecule has 1 aromatic rings. The molecule has 0 bridgehead atoms. The maximum atomic E-state index is 11.8. The van der Waals surface area contributed by atoms with Crippen LogP contribution in [0.1, 0.15) is 6.92 Å². The number of ether oxygens (including phenoxy) is 1. The molecule has 0 heterocycles. The molecule has 116 valence electrons. The van der Waals surface area contributed by atoms with Crippen molar-refractivity contribution in [2.75, 3.05) is 13.7 Å². The smallest absolute Gasteiger partial charge is 0.346 e. The Morgan fingerprint density at radius 2 is 1.57 bits per heavy atom. The van der Waals surface area contributed by atoms with E-state index in [0.717, 1.165) is 11.8 Å². The number of hydrogen-bond acceptors (Lipinski definition) is 4. The van der Waals surface area contributed by atoms with Crippen molar-refractivity contribution in [1.82, 2.24) is 5.32 Å². The molecule has 0 spiro atoms. The highest BCUT2D eigenvalue weighted by Gasteiger charge is 2.23. The summed E-state index contributed by atoms with van der Waals surface area (Å²) >= 11 is 31.1. The second kappa shape index (κ2) is 8.61. The molecule has 0 unspecified atom stereocenters. The zero-order chi connectivity index (χ0) is 16.2. The lowest BCUT2D eigenvalue weighted by Gasteiger charge is -2.13. The summed E-state index contributed by atoms with van der Waals surface area (Å²) in [6, 6.07) is 0. The minimum absolute atomic E-state index is 0.0629. The summed E-state index contributed by atoms with van der Waals surface area (Å²) in [7, 11) is 1.27. The first kappa shape index (κ1) is 19.1. The molecule has 3 nitrogen and oxygen atoms in total. The summed E-state index contributed by atoms with van der Waals surface area (Å²) in [5.74, 6) is -0.546. The molecule has 1 N–H and O–H groups in total. The molecule has 0 aromatic heterocycles. The van der Waals surface area contributed by atoms with Crippen LogP contribution in [0, 0.1) is 0 Å². The van der Waals surface area contributed by atoms with Crippen LogP contribution in [0.3, 0.4) is 0 Å². The highest BCUT2D eigenvalue weighted by Crippen LogP contribution is 2.49. The predicted molar refractivity (Wildman–Crippen MR) is 91.1 cm³/mol. The lowest BCUT2D eigenvalue weighted by atomic mass is 10.3. The van der Waals surface area contributed by atoms with Crippen molar-refractivity contribution < 1.29 is 9.53 Å². The van der Waals surface area contributed by atoms with Gasteiger partial charge in [0.05, 0.1) is 37.1 Å². The van der Waals surface area contributed by atoms with E-state index in [2.05, 4.69) is 5.32 Å². The maximum absolute atomic E-state index is 11.8. The standard InChI is InChI=1S/C12H10Cl5NO2S/c1-3-18-4-5(12(19)20-2)21-11-9(16)7(14)6(13)8(15)10(11)17/h4,18H,3H2,1-2H3. The fourth-order valence-electron chi connectivity index (χ4n) is 1.21. The van der Waals surface area contributed by atoms with Crippen LogP contribution in [0.15, 0.2) is 16.0 Å². The number of nitrogens with one attached hydrogen (secondary N) is 1. The van der Waals surface area contributed by atoms with E-state index in [9.17, 15) is 4.79 Å². The van der Waals surface area contributed by atoms with Crippen LogP contribution in [-0.4, -0.2) is 19.6 Å². The molecule has 0 saturated heterocycles. The monoisotopic (exact) mass is 407 g/mol. The maximum Gasteiger partial charge on any atom is 0.346 e. The average Bonchev–Trinajstić information content (AvgIpc) is 2.49. The molecule has 0 amide bonds. The predicted octanol–water partition coefficient (Wildman–Crippen LogP) is 5.67. The first-order valence-corrected chi connectivity index (χ1v) is 8.26. The summed E-state index contributed by atoms with van der Waals surface area (Å²) in [6.07, 6.45) is 1.50. The lowest BCUT2D eigenvalue weighted by Crippen LogP contribution is -2.09. The zero-order valence-electron chi connectivity index (χ0n) is 10.9. The van der Waals surface area contributed by atoms with Gasteiger partial charge in [-0.2, -0.15) is 0 Å². The Balaban J connectivity index is 3.31. The third-order valence-electron chi connectivity index (χ3n) is 2.21. The second-order valence-electron chi connectivity index (χ2n) is 3.56. The summed E-state index contributed by atoms with van der Waals surface area (Å²) in [6.45, 7) is 2.51. The fraction of sp³-hybridized carbons (Fsp3) is 0.250. The van der Waals surface area contributed by atoms with E-state index in [4.69, 9.17) is 62.7 Å². The lowest BCUT2D eigenvalue weighted by molar-refractivity contribution is -0.135. The van der Waals surface area contributed by atoms with Gasteiger partial charge in [-0.25, -0.2) is 4.79 Å². The number of hydrogen-bond donors (Lipinski definition) is 1. The molecule has 0 aliphatic carbocycles. The van der Waals surface area contributed by atoms with Crippen LogP contribution in [-0.2, 0) is 9.53 Å². The minimum Gasteiger partial charge on any atom is -0.465 e. The molecule has 0 radical (unpaired) electrons. The number of rotatable bonds is 5. The van der Waals surface area contributed by atoms with Gasteiger partial charge in [0.1, 0.15) is 4.91 Å². The van der Waals surface area contributed by atoms with Gasteiger partial charge in [-0.15, -0.1) is 0 Å². The zero-order valence-corrected chi connectivity index (χ0v) is 15.5. The van der Waals surface area contributed by atoms with Gasteiger partial charge in [-0.05, 0) is 6.92 Å². The summed E-state index contributed by atoms with van der Waals surface area (Å²) in [5.41, 5.74) is 0. The van der Waals surface area contributed by atoms with Gasteiger partial charge in [0.25, 0.3) is 0 Å². The molecule has 0 aliphatic rings. The normalized spacial score (nSPS) is 11.5. The Morgan fingerprint density at radius 3 is 2.00 bits per heavy atom. The summed E-state index contributed by atoms with van der Waals surface area (Å²) in [5, 5.41) is 3.34. The number of thioether (sulfide) groups is 1. The van der Waals surface area contributed by atoms with Gasteiger partial charge in [-0.1, -0.05) is 69.8 Å². The first-order chi connectivity index (χ1) is 9.84. The summed E-state index contributed by atoms with van der Waals surface area (Å²) in [4.78, 5) is 12.3. The minimum atomic E-state index is -0.546. The van der Waals surface area contributed by atoms with Crippen LogP contribution < -0.4 is 5.32 Å². The molecular formula is C12H10Cl5NO2S. The van der Waals surface area contributed by atoms with E-state index in [1.54, 1.807) is 0 Å². The largest absolute Gasteiger partial charge is 0.465 e. The van der Waals surface area contributed by atoms with Crippen LogP contribution in [0.4, 0.5) is 0 Å². The van der Waals surface area contributed by atoms with Gasteiger partial charge in [0.15, 0.2) is 0 Å². The Kier molecular flexibility index (Phi) is 7.82. The van der Waals surface area contributed by atoms with Crippen LogP contribution in [0.2, 0.25) is 25.1 Å². The van der Waals surface area contributed by atoms with Crippen LogP contribution >= 0.6 is 69.8 Å². The Hall–Kier alpha value is 0.0300. The van der Waals surface area contributed by atoms with Crippen molar-refractivity contribution in [3.63, 3.8) is 0 Å². The van der Waals surface area contributed by atoms with Crippen molar-refractivity contribution in [3.05, 3.63) is 36.2 Å². The Labute approximate surface area is 151 Å². The number of esters is 1. The molecule has 0 atom stereocenters. The SMILES string of the molecule is CCNC=C(Sc1c(Cl)c(Cl)c(Cl)c(Cl)c1Cl)C(=O)OC. The van der Waals surface area contributed by atoms with Gasteiger partial charge in [-0.3, -0.25) is 0 Å². The van der Waals surface area contributed by atoms with E-state index in [1.807, 2.05) is 6.92 Å². The van der Waals surface area contributed by atoms with Gasteiger partial charge in [0, 0.05) is 12.7 Å². The van der Waals surface area contributed by atoms with E-state index in [1.165, 1.54) is 13.3 Å². The van der Waals surface area contributed by atoms with E-state index >= 15 is 0 Å². The third-order valence-corrected chi connectivity index (χ3v) is 5.82. The van der Waals surface area contributed by atoms with Crippen molar-refractivity contribution in [1.29, 1.82) is 0 Å². The molecular weight excluding hydrogens is 399 g/mol. The summed E-state index contributed by atoms with van der Waals surface area (Å²) < 4.78 is 4.70. The molecule has 1 rings (SSSR count). The molecule has 21 heavy (non-hydrogen) atoms. The van der Waals surface area contributed by atoms with Crippen molar-refractivity contribution in [2.45, 2.75) is 11.8 Å². The van der Waals surface area contributed by atoms with E-state index in [-0.39, 0.29) is 30.0 Å². The number of carbonyl (C=O) groups is 1. The number of carbonyl (C=O) groups excluding carboxylic acids is 1. The molecule has 9 heteroatoms. The van der Waals surface area contributed by atoms with Gasteiger partial charge in [0.2, 0.25) is 0 Å². The average molecular weight is 410 g/mol. The van der Waals surface area contributed by atoms with E-state index < -0.39 is 5.97 Å². The van der Waals surface area contributed by atoms with Crippen molar-refractivity contribution in [3.8, 4) is 0 Å². The number of benzene rings is 1. The van der Waals surface area contributed by atoms with E-state index in [0.29, 0.717) is 11.4 Å². The second-order valence-corrected chi connectivity index (χ2v) is 6.50. The number of methoxy groups -OCH3 is 1. The Morgan fingerprint density at radius 1 is 1.10 bits per heavy atom. The fourth-order valence-corrected chi connectivity index (χ4v) is 3.60.